The van der Waals surface area contributed by atoms with Crippen molar-refractivity contribution in [1.29, 1.82) is 0 Å². The van der Waals surface area contributed by atoms with E-state index in [1.54, 1.807) is 24.3 Å². The Labute approximate surface area is 189 Å². The van der Waals surface area contributed by atoms with Gasteiger partial charge in [-0.15, -0.1) is 0 Å². The number of anilines is 5. The lowest BCUT2D eigenvalue weighted by Gasteiger charge is -2.34. The summed E-state index contributed by atoms with van der Waals surface area (Å²) in [5.74, 6) is -1.86. The molecule has 2 heterocycles. The van der Waals surface area contributed by atoms with Crippen molar-refractivity contribution in [2.75, 3.05) is 48.8 Å². The van der Waals surface area contributed by atoms with Crippen LogP contribution in [0.15, 0.2) is 48.7 Å². The van der Waals surface area contributed by atoms with E-state index in [0.29, 0.717) is 17.1 Å². The van der Waals surface area contributed by atoms with E-state index in [2.05, 4.69) is 25.5 Å². The van der Waals surface area contributed by atoms with E-state index in [1.807, 2.05) is 11.9 Å². The van der Waals surface area contributed by atoms with Crippen molar-refractivity contribution in [3.8, 4) is 0 Å². The Morgan fingerprint density at radius 3 is 2.48 bits per heavy atom. The number of carbonyl (C=O) groups excluding carboxylic acids is 1. The number of nitrogens with one attached hydrogen (secondary N) is 3. The fraction of sp³-hybridized carbons (Fsp3) is 0.227. The van der Waals surface area contributed by atoms with Crippen molar-refractivity contribution in [2.45, 2.75) is 0 Å². The molecule has 1 fully saturated rings. The topological polar surface area (TPSA) is 106 Å². The number of nitrogens with zero attached hydrogens (tertiary/aromatic N) is 4. The number of likely N-dealkylation sites (N-methyl/N-ethyl adjacent to an activating group) is 1. The minimum absolute atomic E-state index is 0.0647. The van der Waals surface area contributed by atoms with Crippen LogP contribution in [0.5, 0.6) is 0 Å². The van der Waals surface area contributed by atoms with Gasteiger partial charge in [-0.05, 0) is 43.4 Å². The number of carbonyl (C=O) groups is 1. The lowest BCUT2D eigenvalue weighted by molar-refractivity contribution is 0.0706. The summed E-state index contributed by atoms with van der Waals surface area (Å²) in [4.78, 5) is 23.8. The maximum Gasteiger partial charge on any atom is 0.274 e. The predicted molar refractivity (Wildman–Crippen MR) is 120 cm³/mol. The first kappa shape index (κ1) is 22.4. The zero-order valence-electron chi connectivity index (χ0n) is 17.8. The SMILES string of the molecule is CN1CCN(c2ccc(Nc3ncc(F)c(Nc4cccc(C(=O)NO)c4)n3)cc2F)CC1. The Morgan fingerprint density at radius 2 is 1.76 bits per heavy atom. The van der Waals surface area contributed by atoms with Crippen molar-refractivity contribution in [3.05, 3.63) is 65.9 Å². The maximum absolute atomic E-state index is 14.7. The molecule has 3 aromatic rings. The summed E-state index contributed by atoms with van der Waals surface area (Å²) in [7, 11) is 2.04. The van der Waals surface area contributed by atoms with Gasteiger partial charge < -0.3 is 20.4 Å². The highest BCUT2D eigenvalue weighted by Gasteiger charge is 2.18. The molecule has 1 saturated heterocycles. The van der Waals surface area contributed by atoms with Crippen LogP contribution in [0.3, 0.4) is 0 Å². The molecule has 0 aliphatic carbocycles. The zero-order chi connectivity index (χ0) is 23.4. The predicted octanol–water partition coefficient (Wildman–Crippen LogP) is 3.11. The Morgan fingerprint density at radius 1 is 1.00 bits per heavy atom. The van der Waals surface area contributed by atoms with E-state index >= 15 is 0 Å². The first-order valence-electron chi connectivity index (χ1n) is 10.3. The van der Waals surface area contributed by atoms with Gasteiger partial charge in [-0.3, -0.25) is 10.0 Å². The molecule has 172 valence electrons. The smallest absolute Gasteiger partial charge is 0.274 e. The average Bonchev–Trinajstić information content (AvgIpc) is 2.82. The van der Waals surface area contributed by atoms with E-state index in [9.17, 15) is 13.6 Å². The molecule has 1 aliphatic rings. The Bertz CT molecular complexity index is 1150. The van der Waals surface area contributed by atoms with Gasteiger partial charge in [0.1, 0.15) is 5.82 Å². The van der Waals surface area contributed by atoms with Crippen LogP contribution in [-0.4, -0.2) is 59.2 Å². The highest BCUT2D eigenvalue weighted by atomic mass is 19.1. The summed E-state index contributed by atoms with van der Waals surface area (Å²) in [6.45, 7) is 3.23. The molecule has 2 aromatic carbocycles. The first-order valence-corrected chi connectivity index (χ1v) is 10.3. The standard InChI is InChI=1S/C22H23F2N7O2/c1-30-7-9-31(10-8-30)19-6-5-16(12-17(19)23)27-22-25-13-18(24)20(28-22)26-15-4-2-3-14(11-15)21(32)29-33/h2-6,11-13,33H,7-10H2,1H3,(H,29,32)(H2,25,26,27,28). The molecule has 1 aliphatic heterocycles. The Hall–Kier alpha value is -3.83. The molecule has 11 heteroatoms. The molecule has 4 rings (SSSR count). The van der Waals surface area contributed by atoms with E-state index in [-0.39, 0.29) is 23.1 Å². The molecule has 0 atom stereocenters. The van der Waals surface area contributed by atoms with Gasteiger partial charge in [0.25, 0.3) is 5.91 Å². The van der Waals surface area contributed by atoms with Crippen molar-refractivity contribution >= 4 is 34.7 Å². The number of benzene rings is 2. The van der Waals surface area contributed by atoms with Crippen LogP contribution in [0.2, 0.25) is 0 Å². The lowest BCUT2D eigenvalue weighted by Crippen LogP contribution is -2.44. The van der Waals surface area contributed by atoms with Gasteiger partial charge in [0.2, 0.25) is 5.95 Å². The van der Waals surface area contributed by atoms with E-state index < -0.39 is 11.7 Å². The molecular formula is C22H23F2N7O2. The van der Waals surface area contributed by atoms with Crippen LogP contribution in [0.25, 0.3) is 0 Å². The number of aromatic nitrogens is 2. The number of hydrogen-bond donors (Lipinski definition) is 4. The van der Waals surface area contributed by atoms with E-state index in [0.717, 1.165) is 32.4 Å². The number of piperazine rings is 1. The van der Waals surface area contributed by atoms with Gasteiger partial charge >= 0.3 is 0 Å². The molecular weight excluding hydrogens is 432 g/mol. The van der Waals surface area contributed by atoms with E-state index in [1.165, 1.54) is 23.7 Å². The summed E-state index contributed by atoms with van der Waals surface area (Å²) in [6, 6.07) is 10.8. The van der Waals surface area contributed by atoms with Crippen LogP contribution in [0.4, 0.5) is 37.6 Å². The Kier molecular flexibility index (Phi) is 6.61. The molecule has 0 saturated carbocycles. The summed E-state index contributed by atoms with van der Waals surface area (Å²) in [6.07, 6.45) is 0.983. The molecule has 33 heavy (non-hydrogen) atoms. The van der Waals surface area contributed by atoms with Crippen LogP contribution in [0.1, 0.15) is 10.4 Å². The number of amides is 1. The van der Waals surface area contributed by atoms with Crippen LogP contribution >= 0.6 is 0 Å². The fourth-order valence-electron chi connectivity index (χ4n) is 3.47. The molecule has 9 nitrogen and oxygen atoms in total. The highest BCUT2D eigenvalue weighted by Crippen LogP contribution is 2.26. The number of halogens is 2. The van der Waals surface area contributed by atoms with Crippen LogP contribution < -0.4 is 21.0 Å². The number of hydroxylamine groups is 1. The van der Waals surface area contributed by atoms with Crippen molar-refractivity contribution < 1.29 is 18.8 Å². The minimum Gasteiger partial charge on any atom is -0.367 e. The van der Waals surface area contributed by atoms with Gasteiger partial charge in [0, 0.05) is 43.1 Å². The van der Waals surface area contributed by atoms with E-state index in [4.69, 9.17) is 5.21 Å². The van der Waals surface area contributed by atoms with Gasteiger partial charge in [0.15, 0.2) is 11.6 Å². The second kappa shape index (κ2) is 9.76. The highest BCUT2D eigenvalue weighted by molar-refractivity contribution is 5.94. The average molecular weight is 455 g/mol. The third kappa shape index (κ3) is 5.33. The molecule has 0 unspecified atom stereocenters. The summed E-state index contributed by atoms with van der Waals surface area (Å²) >= 11 is 0. The first-order chi connectivity index (χ1) is 15.9. The third-order valence-electron chi connectivity index (χ3n) is 5.28. The second-order valence-electron chi connectivity index (χ2n) is 7.62. The largest absolute Gasteiger partial charge is 0.367 e. The molecule has 1 aromatic heterocycles. The fourth-order valence-corrected chi connectivity index (χ4v) is 3.47. The van der Waals surface area contributed by atoms with Gasteiger partial charge in [-0.1, -0.05) is 6.07 Å². The molecule has 4 N–H and O–H groups in total. The normalized spacial score (nSPS) is 14.1. The van der Waals surface area contributed by atoms with Crippen LogP contribution in [0, 0.1) is 11.6 Å². The third-order valence-corrected chi connectivity index (χ3v) is 5.28. The maximum atomic E-state index is 14.7. The number of rotatable bonds is 6. The van der Waals surface area contributed by atoms with Gasteiger partial charge in [-0.25, -0.2) is 19.2 Å². The van der Waals surface area contributed by atoms with Crippen molar-refractivity contribution in [1.82, 2.24) is 20.3 Å². The minimum atomic E-state index is -0.714. The summed E-state index contributed by atoms with van der Waals surface area (Å²) in [5.41, 5.74) is 3.04. The summed E-state index contributed by atoms with van der Waals surface area (Å²) < 4.78 is 29.0. The Balaban J connectivity index is 1.49. The molecule has 0 spiro atoms. The lowest BCUT2D eigenvalue weighted by atomic mass is 10.2. The molecule has 0 radical (unpaired) electrons. The van der Waals surface area contributed by atoms with Crippen molar-refractivity contribution in [3.63, 3.8) is 0 Å². The molecule has 0 bridgehead atoms. The quantitative estimate of drug-likeness (QED) is 0.332. The number of hydrogen-bond acceptors (Lipinski definition) is 8. The van der Waals surface area contributed by atoms with Gasteiger partial charge in [0.05, 0.1) is 11.9 Å². The summed E-state index contributed by atoms with van der Waals surface area (Å²) in [5, 5.41) is 14.4. The van der Waals surface area contributed by atoms with Crippen molar-refractivity contribution in [2.24, 2.45) is 0 Å². The van der Waals surface area contributed by atoms with Gasteiger partial charge in [-0.2, -0.15) is 4.98 Å². The second-order valence-corrected chi connectivity index (χ2v) is 7.62. The monoisotopic (exact) mass is 455 g/mol. The molecule has 1 amide bonds. The zero-order valence-corrected chi connectivity index (χ0v) is 17.8. The van der Waals surface area contributed by atoms with Crippen LogP contribution in [-0.2, 0) is 0 Å².